The van der Waals surface area contributed by atoms with Crippen LogP contribution in [-0.2, 0) is 10.0 Å². The highest BCUT2D eigenvalue weighted by Gasteiger charge is 2.19. The average molecular weight is 501 g/mol. The van der Waals surface area contributed by atoms with Crippen molar-refractivity contribution in [1.29, 1.82) is 0 Å². The van der Waals surface area contributed by atoms with Gasteiger partial charge in [0.15, 0.2) is 5.65 Å². The van der Waals surface area contributed by atoms with Crippen molar-refractivity contribution in [2.75, 3.05) is 6.26 Å². The maximum atomic E-state index is 12.9. The second-order valence-electron chi connectivity index (χ2n) is 7.85. The molecule has 0 radical (unpaired) electrons. The van der Waals surface area contributed by atoms with Gasteiger partial charge in [0.25, 0.3) is 0 Å². The zero-order valence-corrected chi connectivity index (χ0v) is 20.3. The van der Waals surface area contributed by atoms with Crippen LogP contribution in [0.15, 0.2) is 90.6 Å². The van der Waals surface area contributed by atoms with Crippen LogP contribution in [0.5, 0.6) is 0 Å². The summed E-state index contributed by atoms with van der Waals surface area (Å²) in [6, 6.07) is 22.4. The van der Waals surface area contributed by atoms with Crippen LogP contribution in [-0.4, -0.2) is 35.1 Å². The number of nitrogens with zero attached hydrogens (tertiary/aromatic N) is 3. The fourth-order valence-electron chi connectivity index (χ4n) is 3.74. The highest BCUT2D eigenvalue weighted by atomic mass is 32.2. The number of hydrogen-bond acceptors (Lipinski definition) is 6. The summed E-state index contributed by atoms with van der Waals surface area (Å²) in [5.74, 6) is -0.126. The maximum Gasteiger partial charge on any atom is 0.229 e. The first-order valence-electron chi connectivity index (χ1n) is 10.7. The number of aromatic nitrogens is 3. The third kappa shape index (κ3) is 4.91. The number of nitrogens with one attached hydrogen (secondary N) is 1. The monoisotopic (exact) mass is 500 g/mol. The van der Waals surface area contributed by atoms with Gasteiger partial charge >= 0.3 is 0 Å². The van der Waals surface area contributed by atoms with Gasteiger partial charge in [-0.05, 0) is 40.8 Å². The van der Waals surface area contributed by atoms with E-state index in [2.05, 4.69) is 14.8 Å². The molecule has 0 amide bonds. The SMILES string of the molecule is CS(=O)(=O)NC(=Cc1ccccc1)c1cccc(-c2ccnc3c(C(=O)c4cccs4)cnn23)c1. The Kier molecular flexibility index (Phi) is 6.02. The van der Waals surface area contributed by atoms with Gasteiger partial charge in [0.05, 0.1) is 34.3 Å². The summed E-state index contributed by atoms with van der Waals surface area (Å²) in [6.45, 7) is 0. The summed E-state index contributed by atoms with van der Waals surface area (Å²) in [4.78, 5) is 17.9. The van der Waals surface area contributed by atoms with E-state index in [-0.39, 0.29) is 5.78 Å². The number of rotatable bonds is 7. The van der Waals surface area contributed by atoms with Crippen LogP contribution in [0, 0.1) is 0 Å². The normalized spacial score (nSPS) is 12.1. The second-order valence-corrected chi connectivity index (χ2v) is 10.6. The molecule has 0 fully saturated rings. The van der Waals surface area contributed by atoms with Gasteiger partial charge in [0.1, 0.15) is 0 Å². The minimum Gasteiger partial charge on any atom is -0.287 e. The number of carbonyl (C=O) groups excluding carboxylic acids is 1. The van der Waals surface area contributed by atoms with E-state index in [1.54, 1.807) is 22.9 Å². The van der Waals surface area contributed by atoms with Crippen molar-refractivity contribution in [3.05, 3.63) is 112 Å². The molecule has 0 aliphatic rings. The largest absolute Gasteiger partial charge is 0.287 e. The Hall–Kier alpha value is -4.08. The molecule has 7 nitrogen and oxygen atoms in total. The maximum absolute atomic E-state index is 12.9. The van der Waals surface area contributed by atoms with Crippen molar-refractivity contribution in [3.8, 4) is 11.3 Å². The van der Waals surface area contributed by atoms with Crippen LogP contribution >= 0.6 is 11.3 Å². The molecule has 0 saturated heterocycles. The lowest BCUT2D eigenvalue weighted by Gasteiger charge is -2.12. The Labute approximate surface area is 206 Å². The van der Waals surface area contributed by atoms with Gasteiger partial charge in [-0.25, -0.2) is 17.9 Å². The molecule has 3 heterocycles. The highest BCUT2D eigenvalue weighted by Crippen LogP contribution is 2.26. The van der Waals surface area contributed by atoms with E-state index in [0.29, 0.717) is 27.3 Å². The summed E-state index contributed by atoms with van der Waals surface area (Å²) in [5, 5.41) is 6.30. The van der Waals surface area contributed by atoms with Gasteiger partial charge in [-0.2, -0.15) is 5.10 Å². The third-order valence-electron chi connectivity index (χ3n) is 5.27. The molecular formula is C26H20N4O3S2. The van der Waals surface area contributed by atoms with Crippen LogP contribution in [0.25, 0.3) is 28.7 Å². The van der Waals surface area contributed by atoms with Crippen molar-refractivity contribution >= 4 is 44.6 Å². The lowest BCUT2D eigenvalue weighted by atomic mass is 10.0. The fourth-order valence-corrected chi connectivity index (χ4v) is 5.00. The van der Waals surface area contributed by atoms with E-state index >= 15 is 0 Å². The summed E-state index contributed by atoms with van der Waals surface area (Å²) in [6.07, 6.45) is 6.08. The Morgan fingerprint density at radius 2 is 1.86 bits per heavy atom. The van der Waals surface area contributed by atoms with E-state index < -0.39 is 10.0 Å². The lowest BCUT2D eigenvalue weighted by molar-refractivity contribution is 0.104. The average Bonchev–Trinajstić information content (AvgIpc) is 3.54. The fraction of sp³-hybridized carbons (Fsp3) is 0.0385. The second kappa shape index (κ2) is 9.28. The smallest absolute Gasteiger partial charge is 0.229 e. The molecule has 9 heteroatoms. The Morgan fingerprint density at radius 1 is 1.03 bits per heavy atom. The summed E-state index contributed by atoms with van der Waals surface area (Å²) in [7, 11) is -3.51. The Balaban J connectivity index is 1.59. The minimum atomic E-state index is -3.51. The highest BCUT2D eigenvalue weighted by molar-refractivity contribution is 7.89. The van der Waals surface area contributed by atoms with Crippen LogP contribution in [0.2, 0.25) is 0 Å². The van der Waals surface area contributed by atoms with Crippen LogP contribution in [0.4, 0.5) is 0 Å². The van der Waals surface area contributed by atoms with Gasteiger partial charge < -0.3 is 0 Å². The first-order valence-corrected chi connectivity index (χ1v) is 13.4. The topological polar surface area (TPSA) is 93.4 Å². The molecule has 0 atom stereocenters. The van der Waals surface area contributed by atoms with E-state index in [1.165, 1.54) is 17.5 Å². The lowest BCUT2D eigenvalue weighted by Crippen LogP contribution is -2.20. The first-order chi connectivity index (χ1) is 16.9. The van der Waals surface area contributed by atoms with Gasteiger partial charge in [-0.3, -0.25) is 9.52 Å². The molecule has 0 aliphatic carbocycles. The standard InChI is InChI=1S/C26H20N4O3S2/c1-35(32,33)29-22(15-18-7-3-2-4-8-18)19-9-5-10-20(16-19)23-12-13-27-26-21(17-28-30(23)26)25(31)24-11-6-14-34-24/h2-17,29H,1H3. The van der Waals surface area contributed by atoms with Gasteiger partial charge in [-0.15, -0.1) is 11.3 Å². The van der Waals surface area contributed by atoms with Crippen molar-refractivity contribution in [1.82, 2.24) is 19.3 Å². The number of carbonyl (C=O) groups is 1. The molecule has 0 unspecified atom stereocenters. The summed E-state index contributed by atoms with van der Waals surface area (Å²) < 4.78 is 28.4. The molecular weight excluding hydrogens is 480 g/mol. The number of hydrogen-bond donors (Lipinski definition) is 1. The molecule has 0 aliphatic heterocycles. The molecule has 0 bridgehead atoms. The van der Waals surface area contributed by atoms with E-state index in [1.807, 2.05) is 72.1 Å². The van der Waals surface area contributed by atoms with Crippen molar-refractivity contribution in [2.45, 2.75) is 0 Å². The molecule has 1 N–H and O–H groups in total. The Bertz CT molecular complexity index is 1660. The van der Waals surface area contributed by atoms with Crippen molar-refractivity contribution in [2.24, 2.45) is 0 Å². The number of ketones is 1. The number of fused-ring (bicyclic) bond motifs is 1. The van der Waals surface area contributed by atoms with Crippen molar-refractivity contribution < 1.29 is 13.2 Å². The molecule has 35 heavy (non-hydrogen) atoms. The Morgan fingerprint density at radius 3 is 2.60 bits per heavy atom. The van der Waals surface area contributed by atoms with E-state index in [4.69, 9.17) is 0 Å². The van der Waals surface area contributed by atoms with Crippen LogP contribution in [0.3, 0.4) is 0 Å². The number of benzene rings is 2. The molecule has 0 saturated carbocycles. The van der Waals surface area contributed by atoms with E-state index in [9.17, 15) is 13.2 Å². The van der Waals surface area contributed by atoms with Gasteiger partial charge in [0, 0.05) is 11.8 Å². The zero-order valence-electron chi connectivity index (χ0n) is 18.6. The van der Waals surface area contributed by atoms with E-state index in [0.717, 1.165) is 23.1 Å². The first kappa shape index (κ1) is 22.7. The van der Waals surface area contributed by atoms with Crippen LogP contribution < -0.4 is 4.72 Å². The molecule has 174 valence electrons. The summed E-state index contributed by atoms with van der Waals surface area (Å²) >= 11 is 1.37. The van der Waals surface area contributed by atoms with Gasteiger partial charge in [0.2, 0.25) is 15.8 Å². The molecule has 5 aromatic rings. The molecule has 3 aromatic heterocycles. The van der Waals surface area contributed by atoms with Gasteiger partial charge in [-0.1, -0.05) is 54.6 Å². The summed E-state index contributed by atoms with van der Waals surface area (Å²) in [5.41, 5.74) is 4.39. The van der Waals surface area contributed by atoms with Crippen molar-refractivity contribution in [3.63, 3.8) is 0 Å². The molecule has 5 rings (SSSR count). The molecule has 2 aromatic carbocycles. The number of thiophene rings is 1. The number of sulfonamides is 1. The zero-order chi connectivity index (χ0) is 24.4. The predicted molar refractivity (Wildman–Crippen MR) is 138 cm³/mol. The van der Waals surface area contributed by atoms with Crippen LogP contribution in [0.1, 0.15) is 26.4 Å². The third-order valence-corrected chi connectivity index (χ3v) is 6.73. The minimum absolute atomic E-state index is 0.126. The predicted octanol–water partition coefficient (Wildman–Crippen LogP) is 4.74. The molecule has 0 spiro atoms. The quantitative estimate of drug-likeness (QED) is 0.257.